The first-order valence-electron chi connectivity index (χ1n) is 5.30. The molecule has 0 fully saturated rings. The third kappa shape index (κ3) is 5.30. The standard InChI is InChI=1S/C10H18N2O5/c1-3-5(2)8(10(16)17)12-9(15)6(11)4-7(13)14/h5-6,8H,3-4,11H2,1-2H3,(H,12,15)(H,13,14)(H,16,17)/t5-,6-,8-/m1/s1. The van der Waals surface area contributed by atoms with Crippen molar-refractivity contribution in [3.8, 4) is 0 Å². The lowest BCUT2D eigenvalue weighted by atomic mass is 9.99. The van der Waals surface area contributed by atoms with E-state index in [9.17, 15) is 14.4 Å². The number of rotatable bonds is 7. The highest BCUT2D eigenvalue weighted by atomic mass is 16.4. The van der Waals surface area contributed by atoms with Crippen LogP contribution in [0.2, 0.25) is 0 Å². The van der Waals surface area contributed by atoms with Crippen molar-refractivity contribution in [2.75, 3.05) is 0 Å². The van der Waals surface area contributed by atoms with E-state index in [1.54, 1.807) is 13.8 Å². The SMILES string of the molecule is CC[C@@H](C)[C@@H](NC(=O)[C@H](N)CC(=O)O)C(=O)O. The summed E-state index contributed by atoms with van der Waals surface area (Å²) < 4.78 is 0. The first-order chi connectivity index (χ1) is 7.79. The Labute approximate surface area is 99.0 Å². The smallest absolute Gasteiger partial charge is 0.326 e. The maximum atomic E-state index is 11.5. The largest absolute Gasteiger partial charge is 0.481 e. The van der Waals surface area contributed by atoms with Crippen molar-refractivity contribution < 1.29 is 24.6 Å². The minimum Gasteiger partial charge on any atom is -0.481 e. The van der Waals surface area contributed by atoms with Gasteiger partial charge in [-0.3, -0.25) is 9.59 Å². The average molecular weight is 246 g/mol. The summed E-state index contributed by atoms with van der Waals surface area (Å²) >= 11 is 0. The minimum atomic E-state index is -1.24. The summed E-state index contributed by atoms with van der Waals surface area (Å²) in [6, 6.07) is -2.29. The van der Waals surface area contributed by atoms with E-state index < -0.39 is 36.4 Å². The van der Waals surface area contributed by atoms with Crippen LogP contribution in [0.1, 0.15) is 26.7 Å². The molecule has 0 aliphatic carbocycles. The molecule has 0 aromatic heterocycles. The second-order valence-electron chi connectivity index (χ2n) is 3.91. The Morgan fingerprint density at radius 1 is 1.29 bits per heavy atom. The first-order valence-corrected chi connectivity index (χ1v) is 5.30. The Balaban J connectivity index is 4.50. The van der Waals surface area contributed by atoms with Crippen molar-refractivity contribution >= 4 is 17.8 Å². The predicted molar refractivity (Wildman–Crippen MR) is 59.2 cm³/mol. The number of nitrogens with two attached hydrogens (primary N) is 1. The van der Waals surface area contributed by atoms with E-state index in [1.165, 1.54) is 0 Å². The zero-order chi connectivity index (χ0) is 13.6. The molecule has 0 aromatic carbocycles. The van der Waals surface area contributed by atoms with E-state index in [0.29, 0.717) is 6.42 Å². The topological polar surface area (TPSA) is 130 Å². The van der Waals surface area contributed by atoms with Crippen molar-refractivity contribution in [3.63, 3.8) is 0 Å². The van der Waals surface area contributed by atoms with Crippen LogP contribution in [0.15, 0.2) is 0 Å². The van der Waals surface area contributed by atoms with Crippen molar-refractivity contribution in [2.45, 2.75) is 38.8 Å². The lowest BCUT2D eigenvalue weighted by molar-refractivity contribution is -0.144. The fourth-order valence-electron chi connectivity index (χ4n) is 1.22. The van der Waals surface area contributed by atoms with Crippen LogP contribution in [-0.2, 0) is 14.4 Å². The van der Waals surface area contributed by atoms with Crippen molar-refractivity contribution in [3.05, 3.63) is 0 Å². The Morgan fingerprint density at radius 3 is 2.18 bits per heavy atom. The van der Waals surface area contributed by atoms with Crippen LogP contribution in [0.3, 0.4) is 0 Å². The highest BCUT2D eigenvalue weighted by Gasteiger charge is 2.28. The van der Waals surface area contributed by atoms with Crippen LogP contribution in [0.5, 0.6) is 0 Å². The molecule has 1 amide bonds. The number of amides is 1. The van der Waals surface area contributed by atoms with Gasteiger partial charge in [-0.05, 0) is 5.92 Å². The molecule has 17 heavy (non-hydrogen) atoms. The number of aliphatic carboxylic acids is 2. The number of carboxylic acids is 2. The number of hydrogen-bond donors (Lipinski definition) is 4. The average Bonchev–Trinajstić information content (AvgIpc) is 2.22. The summed E-state index contributed by atoms with van der Waals surface area (Å²) in [5.74, 6) is -3.38. The number of hydrogen-bond acceptors (Lipinski definition) is 4. The molecule has 7 nitrogen and oxygen atoms in total. The number of carbonyl (C=O) groups excluding carboxylic acids is 1. The number of carboxylic acid groups (broad SMARTS) is 2. The predicted octanol–water partition coefficient (Wildman–Crippen LogP) is -0.596. The maximum Gasteiger partial charge on any atom is 0.326 e. The molecule has 7 heteroatoms. The van der Waals surface area contributed by atoms with Gasteiger partial charge in [0, 0.05) is 0 Å². The van der Waals surface area contributed by atoms with Gasteiger partial charge in [0.2, 0.25) is 5.91 Å². The van der Waals surface area contributed by atoms with Gasteiger partial charge < -0.3 is 21.3 Å². The van der Waals surface area contributed by atoms with Crippen LogP contribution in [0.25, 0.3) is 0 Å². The van der Waals surface area contributed by atoms with Gasteiger partial charge in [0.25, 0.3) is 0 Å². The monoisotopic (exact) mass is 246 g/mol. The molecule has 0 saturated heterocycles. The number of nitrogens with one attached hydrogen (secondary N) is 1. The zero-order valence-corrected chi connectivity index (χ0v) is 9.84. The summed E-state index contributed by atoms with van der Waals surface area (Å²) in [5.41, 5.74) is 5.32. The third-order valence-electron chi connectivity index (χ3n) is 2.51. The van der Waals surface area contributed by atoms with E-state index in [1.807, 2.05) is 0 Å². The maximum absolute atomic E-state index is 11.5. The molecule has 0 aliphatic rings. The van der Waals surface area contributed by atoms with Crippen LogP contribution in [0.4, 0.5) is 0 Å². The summed E-state index contributed by atoms with van der Waals surface area (Å²) in [4.78, 5) is 32.7. The lowest BCUT2D eigenvalue weighted by Crippen LogP contribution is -2.51. The van der Waals surface area contributed by atoms with E-state index in [0.717, 1.165) is 0 Å². The van der Waals surface area contributed by atoms with Gasteiger partial charge in [-0.2, -0.15) is 0 Å². The van der Waals surface area contributed by atoms with E-state index in [4.69, 9.17) is 15.9 Å². The molecule has 0 rings (SSSR count). The van der Waals surface area contributed by atoms with Crippen molar-refractivity contribution in [1.82, 2.24) is 5.32 Å². The van der Waals surface area contributed by atoms with Crippen molar-refractivity contribution in [2.24, 2.45) is 11.7 Å². The van der Waals surface area contributed by atoms with Gasteiger partial charge in [-0.15, -0.1) is 0 Å². The lowest BCUT2D eigenvalue weighted by Gasteiger charge is -2.21. The van der Waals surface area contributed by atoms with Crippen molar-refractivity contribution in [1.29, 1.82) is 0 Å². The second-order valence-corrected chi connectivity index (χ2v) is 3.91. The normalized spacial score (nSPS) is 15.7. The fourth-order valence-corrected chi connectivity index (χ4v) is 1.22. The fraction of sp³-hybridized carbons (Fsp3) is 0.700. The van der Waals surface area contributed by atoms with E-state index in [-0.39, 0.29) is 5.92 Å². The molecule has 3 atom stereocenters. The Bertz CT molecular complexity index is 305. The highest BCUT2D eigenvalue weighted by Crippen LogP contribution is 2.08. The Hall–Kier alpha value is -1.63. The minimum absolute atomic E-state index is 0.256. The van der Waals surface area contributed by atoms with Gasteiger partial charge in [0.1, 0.15) is 6.04 Å². The van der Waals surface area contributed by atoms with E-state index in [2.05, 4.69) is 5.32 Å². The first kappa shape index (κ1) is 15.4. The quantitative estimate of drug-likeness (QED) is 0.474. The molecule has 98 valence electrons. The van der Waals surface area contributed by atoms with Gasteiger partial charge in [-0.25, -0.2) is 4.79 Å². The van der Waals surface area contributed by atoms with Gasteiger partial charge in [-0.1, -0.05) is 20.3 Å². The summed E-state index contributed by atoms with van der Waals surface area (Å²) in [6.07, 6.45) is 0.0457. The van der Waals surface area contributed by atoms with Gasteiger partial charge in [0.05, 0.1) is 12.5 Å². The molecule has 0 aliphatic heterocycles. The van der Waals surface area contributed by atoms with Crippen LogP contribution in [0, 0.1) is 5.92 Å². The molecule has 0 radical (unpaired) electrons. The molecule has 5 N–H and O–H groups in total. The Kier molecular flexibility index (Phi) is 6.19. The number of carbonyl (C=O) groups is 3. The van der Waals surface area contributed by atoms with Gasteiger partial charge >= 0.3 is 11.9 Å². The third-order valence-corrected chi connectivity index (χ3v) is 2.51. The molecule has 0 heterocycles. The van der Waals surface area contributed by atoms with Crippen LogP contribution < -0.4 is 11.1 Å². The molecular formula is C10H18N2O5. The Morgan fingerprint density at radius 2 is 1.82 bits per heavy atom. The molecule has 0 bridgehead atoms. The van der Waals surface area contributed by atoms with E-state index >= 15 is 0 Å². The summed E-state index contributed by atoms with van der Waals surface area (Å²) in [5, 5.41) is 19.6. The molecule has 0 spiro atoms. The molecular weight excluding hydrogens is 228 g/mol. The zero-order valence-electron chi connectivity index (χ0n) is 9.84. The second kappa shape index (κ2) is 6.85. The van der Waals surface area contributed by atoms with Crippen LogP contribution >= 0.6 is 0 Å². The molecule has 0 aromatic rings. The molecule has 0 saturated carbocycles. The van der Waals surface area contributed by atoms with Gasteiger partial charge in [0.15, 0.2) is 0 Å². The highest BCUT2D eigenvalue weighted by molar-refractivity contribution is 5.89. The summed E-state index contributed by atoms with van der Waals surface area (Å²) in [6.45, 7) is 3.48. The summed E-state index contributed by atoms with van der Waals surface area (Å²) in [7, 11) is 0. The van der Waals surface area contributed by atoms with Crippen LogP contribution in [-0.4, -0.2) is 40.1 Å². The molecule has 0 unspecified atom stereocenters.